The summed E-state index contributed by atoms with van der Waals surface area (Å²) in [6, 6.07) is 6.48. The molecule has 0 aliphatic rings. The Bertz CT molecular complexity index is 592. The predicted molar refractivity (Wildman–Crippen MR) is 76.0 cm³/mol. The molecule has 0 fully saturated rings. The van der Waals surface area contributed by atoms with Crippen molar-refractivity contribution in [2.75, 3.05) is 6.61 Å². The normalized spacial score (nSPS) is 10.5. The fraction of sp³-hybridized carbons (Fsp3) is 0.308. The Hall–Kier alpha value is -1.33. The van der Waals surface area contributed by atoms with Crippen LogP contribution in [-0.2, 0) is 0 Å². The van der Waals surface area contributed by atoms with Crippen LogP contribution in [0.2, 0.25) is 5.28 Å². The van der Waals surface area contributed by atoms with E-state index in [1.54, 1.807) is 0 Å². The molecule has 6 heteroatoms. The van der Waals surface area contributed by atoms with Crippen LogP contribution in [0.3, 0.4) is 0 Å². The highest BCUT2D eigenvalue weighted by Crippen LogP contribution is 2.29. The highest BCUT2D eigenvalue weighted by atomic mass is 35.5. The molecular formula is C13H14ClN3OS. The lowest BCUT2D eigenvalue weighted by atomic mass is 10.2. The topological polar surface area (TPSA) is 47.9 Å². The molecule has 4 nitrogen and oxygen atoms in total. The van der Waals surface area contributed by atoms with E-state index in [4.69, 9.17) is 16.3 Å². The van der Waals surface area contributed by atoms with Crippen molar-refractivity contribution in [3.8, 4) is 6.01 Å². The van der Waals surface area contributed by atoms with E-state index in [1.807, 2.05) is 13.0 Å². The van der Waals surface area contributed by atoms with Crippen molar-refractivity contribution in [2.24, 2.45) is 0 Å². The summed E-state index contributed by atoms with van der Waals surface area (Å²) in [5, 5.41) is 0.682. The summed E-state index contributed by atoms with van der Waals surface area (Å²) in [6.07, 6.45) is 0. The zero-order chi connectivity index (χ0) is 13.8. The van der Waals surface area contributed by atoms with Crippen molar-refractivity contribution in [3.63, 3.8) is 0 Å². The van der Waals surface area contributed by atoms with Crippen LogP contribution < -0.4 is 4.74 Å². The van der Waals surface area contributed by atoms with Crippen LogP contribution in [-0.4, -0.2) is 21.6 Å². The minimum atomic E-state index is 0.144. The fourth-order valence-electron chi connectivity index (χ4n) is 1.57. The smallest absolute Gasteiger partial charge is 0.321 e. The first kappa shape index (κ1) is 14.1. The van der Waals surface area contributed by atoms with Gasteiger partial charge in [-0.25, -0.2) is 0 Å². The van der Waals surface area contributed by atoms with Crippen molar-refractivity contribution in [1.82, 2.24) is 15.0 Å². The largest absolute Gasteiger partial charge is 0.464 e. The van der Waals surface area contributed by atoms with Crippen LogP contribution in [0.25, 0.3) is 0 Å². The number of hydrogen-bond acceptors (Lipinski definition) is 5. The maximum absolute atomic E-state index is 5.86. The number of aryl methyl sites for hydroxylation is 2. The predicted octanol–water partition coefficient (Wildman–Crippen LogP) is 3.69. The van der Waals surface area contributed by atoms with Gasteiger partial charge in [-0.1, -0.05) is 17.7 Å². The van der Waals surface area contributed by atoms with Gasteiger partial charge in [0.2, 0.25) is 5.28 Å². The number of halogens is 1. The van der Waals surface area contributed by atoms with Crippen LogP contribution in [0.1, 0.15) is 18.1 Å². The third-order valence-corrected chi connectivity index (χ3v) is 3.58. The summed E-state index contributed by atoms with van der Waals surface area (Å²) in [4.78, 5) is 13.3. The molecule has 0 spiro atoms. The van der Waals surface area contributed by atoms with E-state index >= 15 is 0 Å². The van der Waals surface area contributed by atoms with Gasteiger partial charge in [0, 0.05) is 4.90 Å². The summed E-state index contributed by atoms with van der Waals surface area (Å²) in [5.41, 5.74) is 2.41. The molecule has 2 aromatic rings. The van der Waals surface area contributed by atoms with Crippen LogP contribution >= 0.6 is 23.4 Å². The fourth-order valence-corrected chi connectivity index (χ4v) is 2.58. The number of nitrogens with zero attached hydrogens (tertiary/aromatic N) is 3. The zero-order valence-corrected chi connectivity index (χ0v) is 12.5. The SMILES string of the molecule is CCOc1nc(Cl)nc(Sc2ccc(C)cc2C)n1. The standard InChI is InChI=1S/C13H14ClN3OS/c1-4-18-12-15-11(14)16-13(17-12)19-10-6-5-8(2)7-9(10)3/h5-7H,4H2,1-3H3. The maximum atomic E-state index is 5.86. The summed E-state index contributed by atoms with van der Waals surface area (Å²) in [7, 11) is 0. The van der Waals surface area contributed by atoms with Gasteiger partial charge in [-0.2, -0.15) is 15.0 Å². The monoisotopic (exact) mass is 295 g/mol. The molecule has 19 heavy (non-hydrogen) atoms. The summed E-state index contributed by atoms with van der Waals surface area (Å²) in [6.45, 7) is 6.48. The Morgan fingerprint density at radius 2 is 2.00 bits per heavy atom. The van der Waals surface area contributed by atoms with Gasteiger partial charge < -0.3 is 4.74 Å². The van der Waals surface area contributed by atoms with Crippen molar-refractivity contribution in [1.29, 1.82) is 0 Å². The number of hydrogen-bond donors (Lipinski definition) is 0. The molecule has 1 heterocycles. The van der Waals surface area contributed by atoms with E-state index in [-0.39, 0.29) is 11.3 Å². The van der Waals surface area contributed by atoms with Crippen molar-refractivity contribution < 1.29 is 4.74 Å². The molecule has 0 saturated heterocycles. The minimum Gasteiger partial charge on any atom is -0.464 e. The molecule has 1 aromatic carbocycles. The molecular weight excluding hydrogens is 282 g/mol. The molecule has 0 radical (unpaired) electrons. The van der Waals surface area contributed by atoms with E-state index in [9.17, 15) is 0 Å². The van der Waals surface area contributed by atoms with Gasteiger partial charge in [-0.3, -0.25) is 0 Å². The first-order valence-corrected chi connectivity index (χ1v) is 7.07. The number of rotatable bonds is 4. The van der Waals surface area contributed by atoms with E-state index in [2.05, 4.69) is 40.9 Å². The molecule has 100 valence electrons. The molecule has 2 rings (SSSR count). The second-order valence-electron chi connectivity index (χ2n) is 3.97. The lowest BCUT2D eigenvalue weighted by Crippen LogP contribution is -2.00. The second-order valence-corrected chi connectivity index (χ2v) is 5.32. The molecule has 0 saturated carbocycles. The highest BCUT2D eigenvalue weighted by molar-refractivity contribution is 7.99. The molecule has 0 bridgehead atoms. The van der Waals surface area contributed by atoms with Crippen molar-refractivity contribution >= 4 is 23.4 Å². The van der Waals surface area contributed by atoms with Gasteiger partial charge in [0.1, 0.15) is 0 Å². The number of ether oxygens (including phenoxy) is 1. The first-order valence-electron chi connectivity index (χ1n) is 5.88. The Morgan fingerprint density at radius 3 is 2.68 bits per heavy atom. The first-order chi connectivity index (χ1) is 9.08. The number of benzene rings is 1. The van der Waals surface area contributed by atoms with Crippen LogP contribution in [0, 0.1) is 13.8 Å². The van der Waals surface area contributed by atoms with Gasteiger partial charge in [0.15, 0.2) is 5.16 Å². The van der Waals surface area contributed by atoms with Crippen LogP contribution in [0.5, 0.6) is 6.01 Å². The third-order valence-electron chi connectivity index (χ3n) is 2.37. The van der Waals surface area contributed by atoms with E-state index in [0.717, 1.165) is 4.90 Å². The van der Waals surface area contributed by atoms with Gasteiger partial charge in [-0.15, -0.1) is 0 Å². The van der Waals surface area contributed by atoms with Gasteiger partial charge >= 0.3 is 6.01 Å². The molecule has 0 aliphatic heterocycles. The maximum Gasteiger partial charge on any atom is 0.321 e. The third kappa shape index (κ3) is 3.81. The highest BCUT2D eigenvalue weighted by Gasteiger charge is 2.09. The Kier molecular flexibility index (Phi) is 4.61. The summed E-state index contributed by atoms with van der Waals surface area (Å²) >= 11 is 7.31. The average Bonchev–Trinajstić information content (AvgIpc) is 2.32. The van der Waals surface area contributed by atoms with E-state index < -0.39 is 0 Å². The van der Waals surface area contributed by atoms with Crippen molar-refractivity contribution in [2.45, 2.75) is 30.8 Å². The molecule has 0 aliphatic carbocycles. The number of aromatic nitrogens is 3. The van der Waals surface area contributed by atoms with Gasteiger partial charge in [0.25, 0.3) is 0 Å². The lowest BCUT2D eigenvalue weighted by Gasteiger charge is -2.07. The molecule has 0 amide bonds. The summed E-state index contributed by atoms with van der Waals surface area (Å²) in [5.74, 6) is 0. The van der Waals surface area contributed by atoms with Crippen molar-refractivity contribution in [3.05, 3.63) is 34.6 Å². The molecule has 0 N–H and O–H groups in total. The Morgan fingerprint density at radius 1 is 1.21 bits per heavy atom. The molecule has 0 atom stereocenters. The quantitative estimate of drug-likeness (QED) is 0.861. The Balaban J connectivity index is 2.27. The zero-order valence-electron chi connectivity index (χ0n) is 11.0. The summed E-state index contributed by atoms with van der Waals surface area (Å²) < 4.78 is 5.25. The van der Waals surface area contributed by atoms with E-state index in [0.29, 0.717) is 11.8 Å². The minimum absolute atomic E-state index is 0.144. The van der Waals surface area contributed by atoms with Crippen LogP contribution in [0.15, 0.2) is 28.3 Å². The van der Waals surface area contributed by atoms with E-state index in [1.165, 1.54) is 22.9 Å². The molecule has 1 aromatic heterocycles. The average molecular weight is 296 g/mol. The Labute approximate surface area is 121 Å². The van der Waals surface area contributed by atoms with Gasteiger partial charge in [0.05, 0.1) is 6.61 Å². The second kappa shape index (κ2) is 6.21. The van der Waals surface area contributed by atoms with Gasteiger partial charge in [-0.05, 0) is 55.8 Å². The van der Waals surface area contributed by atoms with Crippen LogP contribution in [0.4, 0.5) is 0 Å². The lowest BCUT2D eigenvalue weighted by molar-refractivity contribution is 0.307. The molecule has 0 unspecified atom stereocenters.